The van der Waals surface area contributed by atoms with Crippen molar-refractivity contribution in [2.24, 2.45) is 5.73 Å². The quantitative estimate of drug-likeness (QED) is 0.900. The molecule has 6 heteroatoms. The third-order valence-electron chi connectivity index (χ3n) is 4.75. The van der Waals surface area contributed by atoms with Crippen LogP contribution in [-0.2, 0) is 6.18 Å². The van der Waals surface area contributed by atoms with Crippen molar-refractivity contribution in [2.75, 3.05) is 26.2 Å². The summed E-state index contributed by atoms with van der Waals surface area (Å²) in [5.41, 5.74) is 6.38. The Kier molecular flexibility index (Phi) is 4.64. The van der Waals surface area contributed by atoms with E-state index in [0.717, 1.165) is 44.5 Å². The summed E-state index contributed by atoms with van der Waals surface area (Å²) >= 11 is 0. The number of nitrogens with two attached hydrogens (primary N) is 1. The first-order valence-corrected chi connectivity index (χ1v) is 8.10. The van der Waals surface area contributed by atoms with Crippen LogP contribution < -0.4 is 5.73 Å². The zero-order valence-corrected chi connectivity index (χ0v) is 13.0. The van der Waals surface area contributed by atoms with Crippen LogP contribution in [0.3, 0.4) is 0 Å². The van der Waals surface area contributed by atoms with Crippen molar-refractivity contribution < 1.29 is 13.2 Å². The highest BCUT2D eigenvalue weighted by atomic mass is 19.4. The van der Waals surface area contributed by atoms with E-state index in [9.17, 15) is 13.2 Å². The van der Waals surface area contributed by atoms with Gasteiger partial charge in [-0.05, 0) is 69.1 Å². The molecule has 23 heavy (non-hydrogen) atoms. The summed E-state index contributed by atoms with van der Waals surface area (Å²) < 4.78 is 39.9. The van der Waals surface area contributed by atoms with Crippen LogP contribution in [0.5, 0.6) is 0 Å². The Morgan fingerprint density at radius 3 is 2.61 bits per heavy atom. The molecule has 1 aromatic heterocycles. The van der Waals surface area contributed by atoms with Gasteiger partial charge in [0, 0.05) is 17.1 Å². The van der Waals surface area contributed by atoms with Gasteiger partial charge in [-0.3, -0.25) is 0 Å². The normalized spacial score (nSPS) is 17.9. The number of nitrogens with zero attached hydrogens (tertiary/aromatic N) is 1. The van der Waals surface area contributed by atoms with Gasteiger partial charge in [-0.2, -0.15) is 13.2 Å². The number of likely N-dealkylation sites (tertiary alicyclic amines) is 1. The highest BCUT2D eigenvalue weighted by Crippen LogP contribution is 2.40. The molecule has 0 atom stereocenters. The number of alkyl halides is 3. The number of hydrogen-bond donors (Lipinski definition) is 2. The summed E-state index contributed by atoms with van der Waals surface area (Å²) in [7, 11) is 0. The maximum Gasteiger partial charge on any atom is 0.417 e. The Bertz CT molecular complexity index is 655. The molecule has 2 heterocycles. The van der Waals surface area contributed by atoms with Gasteiger partial charge in [-0.25, -0.2) is 0 Å². The van der Waals surface area contributed by atoms with E-state index >= 15 is 0 Å². The lowest BCUT2D eigenvalue weighted by Gasteiger charge is -2.32. The van der Waals surface area contributed by atoms with Crippen molar-refractivity contribution >= 4 is 10.9 Å². The highest BCUT2D eigenvalue weighted by Gasteiger charge is 2.35. The number of aromatic nitrogens is 1. The number of halogens is 3. The number of H-pyrrole nitrogens is 1. The van der Waals surface area contributed by atoms with Crippen LogP contribution in [0.15, 0.2) is 24.4 Å². The van der Waals surface area contributed by atoms with Gasteiger partial charge in [-0.15, -0.1) is 0 Å². The summed E-state index contributed by atoms with van der Waals surface area (Å²) in [5.74, 6) is 0.182. The van der Waals surface area contributed by atoms with Crippen molar-refractivity contribution in [3.63, 3.8) is 0 Å². The molecular weight excluding hydrogens is 303 g/mol. The van der Waals surface area contributed by atoms with Crippen LogP contribution in [0.1, 0.15) is 36.3 Å². The SMILES string of the molecule is NCCCN1CCC(c2c[nH]c3cccc(C(F)(F)F)c23)CC1. The van der Waals surface area contributed by atoms with Gasteiger partial charge >= 0.3 is 6.18 Å². The maximum atomic E-state index is 13.3. The molecule has 1 aromatic carbocycles. The van der Waals surface area contributed by atoms with Gasteiger partial charge in [0.05, 0.1) is 5.56 Å². The average Bonchev–Trinajstić information content (AvgIpc) is 2.96. The fourth-order valence-electron chi connectivity index (χ4n) is 3.55. The summed E-state index contributed by atoms with van der Waals surface area (Å²) in [4.78, 5) is 5.36. The minimum Gasteiger partial charge on any atom is -0.361 e. The second kappa shape index (κ2) is 6.53. The number of rotatable bonds is 4. The molecule has 1 aliphatic heterocycles. The molecule has 1 aliphatic rings. The fraction of sp³-hybridized carbons (Fsp3) is 0.529. The van der Waals surface area contributed by atoms with Gasteiger partial charge < -0.3 is 15.6 Å². The van der Waals surface area contributed by atoms with Crippen molar-refractivity contribution in [1.82, 2.24) is 9.88 Å². The lowest BCUT2D eigenvalue weighted by Crippen LogP contribution is -2.34. The van der Waals surface area contributed by atoms with Crippen LogP contribution in [0, 0.1) is 0 Å². The van der Waals surface area contributed by atoms with Crippen LogP contribution in [0.2, 0.25) is 0 Å². The standard InChI is InChI=1S/C17H22F3N3/c18-17(19,20)14-3-1-4-15-16(14)13(11-22-15)12-5-9-23(10-6-12)8-2-7-21/h1,3-4,11-12,22H,2,5-10,21H2. The molecule has 0 aliphatic carbocycles. The number of nitrogens with one attached hydrogen (secondary N) is 1. The molecule has 3 N–H and O–H groups in total. The highest BCUT2D eigenvalue weighted by molar-refractivity contribution is 5.87. The van der Waals surface area contributed by atoms with Crippen molar-refractivity contribution in [3.8, 4) is 0 Å². The monoisotopic (exact) mass is 325 g/mol. The number of hydrogen-bond acceptors (Lipinski definition) is 2. The predicted molar refractivity (Wildman–Crippen MR) is 85.4 cm³/mol. The van der Waals surface area contributed by atoms with Gasteiger partial charge in [0.15, 0.2) is 0 Å². The second-order valence-electron chi connectivity index (χ2n) is 6.23. The van der Waals surface area contributed by atoms with Crippen molar-refractivity contribution in [2.45, 2.75) is 31.4 Å². The predicted octanol–water partition coefficient (Wildman–Crippen LogP) is 3.71. The Hall–Kier alpha value is -1.53. The first kappa shape index (κ1) is 16.3. The molecule has 0 saturated carbocycles. The third-order valence-corrected chi connectivity index (χ3v) is 4.75. The largest absolute Gasteiger partial charge is 0.417 e. The molecule has 0 unspecified atom stereocenters. The molecule has 0 spiro atoms. The second-order valence-corrected chi connectivity index (χ2v) is 6.23. The van der Waals surface area contributed by atoms with E-state index < -0.39 is 11.7 Å². The molecule has 0 amide bonds. The lowest BCUT2D eigenvalue weighted by atomic mass is 9.88. The molecule has 2 aromatic rings. The van der Waals surface area contributed by atoms with E-state index in [1.165, 1.54) is 12.1 Å². The van der Waals surface area contributed by atoms with E-state index in [4.69, 9.17) is 5.73 Å². The third kappa shape index (κ3) is 3.38. The van der Waals surface area contributed by atoms with Gasteiger partial charge in [0.25, 0.3) is 0 Å². The number of aromatic amines is 1. The van der Waals surface area contributed by atoms with E-state index in [2.05, 4.69) is 9.88 Å². The zero-order chi connectivity index (χ0) is 16.4. The minimum atomic E-state index is -4.32. The molecule has 0 radical (unpaired) electrons. The van der Waals surface area contributed by atoms with Crippen LogP contribution >= 0.6 is 0 Å². The summed E-state index contributed by atoms with van der Waals surface area (Å²) in [6, 6.07) is 4.35. The molecule has 3 nitrogen and oxygen atoms in total. The lowest BCUT2D eigenvalue weighted by molar-refractivity contribution is -0.136. The molecular formula is C17H22F3N3. The minimum absolute atomic E-state index is 0.182. The number of benzene rings is 1. The number of piperidine rings is 1. The summed E-state index contributed by atoms with van der Waals surface area (Å²) in [6.45, 7) is 3.50. The number of fused-ring (bicyclic) bond motifs is 1. The molecule has 126 valence electrons. The Labute approximate surface area is 133 Å². The summed E-state index contributed by atoms with van der Waals surface area (Å²) in [6.07, 6.45) is 0.196. The first-order valence-electron chi connectivity index (χ1n) is 8.10. The maximum absolute atomic E-state index is 13.3. The molecule has 1 fully saturated rings. The van der Waals surface area contributed by atoms with Gasteiger partial charge in [0.2, 0.25) is 0 Å². The first-order chi connectivity index (χ1) is 11.0. The van der Waals surface area contributed by atoms with Crippen LogP contribution in [-0.4, -0.2) is 36.1 Å². The van der Waals surface area contributed by atoms with Crippen molar-refractivity contribution in [3.05, 3.63) is 35.5 Å². The Morgan fingerprint density at radius 2 is 1.96 bits per heavy atom. The van der Waals surface area contributed by atoms with E-state index in [-0.39, 0.29) is 5.92 Å². The van der Waals surface area contributed by atoms with E-state index in [1.54, 1.807) is 12.3 Å². The smallest absolute Gasteiger partial charge is 0.361 e. The summed E-state index contributed by atoms with van der Waals surface area (Å²) in [5, 5.41) is 0.348. The molecule has 1 saturated heterocycles. The van der Waals surface area contributed by atoms with E-state index in [0.29, 0.717) is 17.4 Å². The fourth-order valence-corrected chi connectivity index (χ4v) is 3.55. The van der Waals surface area contributed by atoms with E-state index in [1.807, 2.05) is 0 Å². The molecule has 3 rings (SSSR count). The Morgan fingerprint density at radius 1 is 1.22 bits per heavy atom. The van der Waals surface area contributed by atoms with Crippen molar-refractivity contribution in [1.29, 1.82) is 0 Å². The van der Waals surface area contributed by atoms with Gasteiger partial charge in [0.1, 0.15) is 0 Å². The van der Waals surface area contributed by atoms with Crippen LogP contribution in [0.4, 0.5) is 13.2 Å². The Balaban J connectivity index is 1.84. The molecule has 0 bridgehead atoms. The average molecular weight is 325 g/mol. The van der Waals surface area contributed by atoms with Crippen LogP contribution in [0.25, 0.3) is 10.9 Å². The zero-order valence-electron chi connectivity index (χ0n) is 13.0. The topological polar surface area (TPSA) is 45.0 Å². The van der Waals surface area contributed by atoms with Gasteiger partial charge in [-0.1, -0.05) is 6.07 Å².